The van der Waals surface area contributed by atoms with Crippen LogP contribution in [0.15, 0.2) is 48.0 Å². The summed E-state index contributed by atoms with van der Waals surface area (Å²) in [7, 11) is 2.94. The quantitative estimate of drug-likeness (QED) is 0.154. The molecule has 0 saturated heterocycles. The third-order valence-electron chi connectivity index (χ3n) is 6.89. The summed E-state index contributed by atoms with van der Waals surface area (Å²) in [4.78, 5) is 51.8. The number of hydrogen-bond acceptors (Lipinski definition) is 9. The number of methoxy groups -OCH3 is 2. The van der Waals surface area contributed by atoms with E-state index in [1.54, 1.807) is 19.1 Å². The Balaban J connectivity index is 2.04. The van der Waals surface area contributed by atoms with Crippen LogP contribution in [-0.2, 0) is 20.8 Å². The number of aliphatic hydroxyl groups excluding tert-OH is 2. The summed E-state index contributed by atoms with van der Waals surface area (Å²) in [6.07, 6.45) is -0.147. The van der Waals surface area contributed by atoms with Crippen molar-refractivity contribution in [3.8, 4) is 17.2 Å². The van der Waals surface area contributed by atoms with Crippen molar-refractivity contribution in [3.63, 3.8) is 0 Å². The molecule has 3 rings (SSSR count). The molecule has 0 heterocycles. The fraction of sp³-hybridized carbons (Fsp3) is 0.400. The summed E-state index contributed by atoms with van der Waals surface area (Å²) in [6, 6.07) is 9.34. The number of benzene rings is 2. The van der Waals surface area contributed by atoms with Gasteiger partial charge < -0.3 is 34.6 Å². The zero-order valence-electron chi connectivity index (χ0n) is 23.7. The molecule has 0 bridgehead atoms. The molecule has 1 aliphatic carbocycles. The number of Topliss-reactive ketones (excluding diaryl/α,β-unsaturated/α-hetero) is 1. The SMILES string of the molecule is CCC(=O)C(=O)N(CCc1ccccc1OC)C1CC(C(=O)NCCO)=CC(Oc2c(I)cc(C=O)cc2OC)C1O. The second kappa shape index (κ2) is 15.7. The molecule has 3 unspecified atom stereocenters. The van der Waals surface area contributed by atoms with Gasteiger partial charge in [0, 0.05) is 37.1 Å². The molecule has 12 heteroatoms. The summed E-state index contributed by atoms with van der Waals surface area (Å²) >= 11 is 1.97. The van der Waals surface area contributed by atoms with Crippen molar-refractivity contribution in [2.24, 2.45) is 0 Å². The molecular formula is C30H35IN2O9. The van der Waals surface area contributed by atoms with Crippen molar-refractivity contribution in [2.75, 3.05) is 33.9 Å². The van der Waals surface area contributed by atoms with Crippen LogP contribution in [0.2, 0.25) is 0 Å². The van der Waals surface area contributed by atoms with Crippen molar-refractivity contribution in [3.05, 3.63) is 62.7 Å². The first kappa shape index (κ1) is 33.0. The van der Waals surface area contributed by atoms with Crippen molar-refractivity contribution in [1.82, 2.24) is 10.2 Å². The van der Waals surface area contributed by atoms with Gasteiger partial charge in [-0.25, -0.2) is 0 Å². The predicted octanol–water partition coefficient (Wildman–Crippen LogP) is 2.09. The Bertz CT molecular complexity index is 1330. The van der Waals surface area contributed by atoms with Crippen LogP contribution in [-0.4, -0.2) is 91.2 Å². The molecule has 226 valence electrons. The Kier molecular flexibility index (Phi) is 12.3. The minimum absolute atomic E-state index is 0.00143. The highest BCUT2D eigenvalue weighted by Crippen LogP contribution is 2.37. The third-order valence-corrected chi connectivity index (χ3v) is 7.69. The van der Waals surface area contributed by atoms with Crippen molar-refractivity contribution < 1.29 is 43.6 Å². The van der Waals surface area contributed by atoms with E-state index < -0.39 is 35.8 Å². The maximum atomic E-state index is 13.4. The molecule has 3 atom stereocenters. The number of para-hydroxylation sites is 1. The van der Waals surface area contributed by atoms with Crippen LogP contribution in [0.3, 0.4) is 0 Å². The van der Waals surface area contributed by atoms with E-state index in [2.05, 4.69) is 5.32 Å². The zero-order valence-corrected chi connectivity index (χ0v) is 25.8. The average Bonchev–Trinajstić information content (AvgIpc) is 3.01. The minimum Gasteiger partial charge on any atom is -0.496 e. The molecule has 2 amide bonds. The van der Waals surface area contributed by atoms with Crippen LogP contribution in [0.25, 0.3) is 0 Å². The molecule has 1 aliphatic rings. The molecule has 0 fully saturated rings. The lowest BCUT2D eigenvalue weighted by Gasteiger charge is -2.40. The number of rotatable bonds is 14. The number of ketones is 1. The normalized spacial score (nSPS) is 18.0. The van der Waals surface area contributed by atoms with Gasteiger partial charge in [-0.3, -0.25) is 19.2 Å². The van der Waals surface area contributed by atoms with Crippen molar-refractivity contribution in [2.45, 2.75) is 44.4 Å². The van der Waals surface area contributed by atoms with Crippen LogP contribution >= 0.6 is 22.6 Å². The van der Waals surface area contributed by atoms with Crippen molar-refractivity contribution >= 4 is 46.5 Å². The first-order valence-corrected chi connectivity index (χ1v) is 14.5. The van der Waals surface area contributed by atoms with Gasteiger partial charge in [-0.1, -0.05) is 25.1 Å². The third kappa shape index (κ3) is 7.86. The fourth-order valence-corrected chi connectivity index (χ4v) is 5.47. The van der Waals surface area contributed by atoms with E-state index in [1.165, 1.54) is 31.3 Å². The Morgan fingerprint density at radius 1 is 1.14 bits per heavy atom. The second-order valence-corrected chi connectivity index (χ2v) is 10.7. The van der Waals surface area contributed by atoms with Crippen LogP contribution in [0.4, 0.5) is 0 Å². The number of halogens is 1. The first-order chi connectivity index (χ1) is 20.2. The van der Waals surface area contributed by atoms with Crippen molar-refractivity contribution in [1.29, 1.82) is 0 Å². The standard InChI is InChI=1S/C30H35IN2O9/c1-4-23(36)30(39)33(11-9-19-7-5-6-8-24(19)40-2)22-15-20(29(38)32-10-12-34)16-25(27(22)37)42-28-21(31)13-18(17-35)14-26(28)41-3/h5-8,13-14,16-17,22,25,27,34,37H,4,9-12,15H2,1-3H3,(H,32,38). The van der Waals surface area contributed by atoms with E-state index >= 15 is 0 Å². The Labute approximate surface area is 258 Å². The minimum atomic E-state index is -1.35. The first-order valence-electron chi connectivity index (χ1n) is 13.4. The van der Waals surface area contributed by atoms with Crippen LogP contribution < -0.4 is 19.5 Å². The number of nitrogens with zero attached hydrogens (tertiary/aromatic N) is 1. The number of nitrogens with one attached hydrogen (secondary N) is 1. The Morgan fingerprint density at radius 3 is 2.50 bits per heavy atom. The lowest BCUT2D eigenvalue weighted by molar-refractivity contribution is -0.149. The van der Waals surface area contributed by atoms with Gasteiger partial charge in [0.15, 0.2) is 11.5 Å². The van der Waals surface area contributed by atoms with Gasteiger partial charge in [0.2, 0.25) is 11.7 Å². The number of carbonyl (C=O) groups excluding carboxylic acids is 4. The van der Waals surface area contributed by atoms with E-state index in [9.17, 15) is 29.4 Å². The summed E-state index contributed by atoms with van der Waals surface area (Å²) < 4.78 is 17.6. The van der Waals surface area contributed by atoms with E-state index in [4.69, 9.17) is 14.2 Å². The van der Waals surface area contributed by atoms with E-state index in [1.807, 2.05) is 40.8 Å². The number of hydrogen-bond donors (Lipinski definition) is 3. The molecule has 3 N–H and O–H groups in total. The van der Waals surface area contributed by atoms with Gasteiger partial charge >= 0.3 is 0 Å². The number of carbonyl (C=O) groups is 4. The highest BCUT2D eigenvalue weighted by Gasteiger charge is 2.42. The van der Waals surface area contributed by atoms with Crippen LogP contribution in [0.5, 0.6) is 17.2 Å². The highest BCUT2D eigenvalue weighted by molar-refractivity contribution is 14.1. The lowest BCUT2D eigenvalue weighted by Crippen LogP contribution is -2.56. The van der Waals surface area contributed by atoms with E-state index in [-0.39, 0.29) is 49.6 Å². The highest BCUT2D eigenvalue weighted by atomic mass is 127. The van der Waals surface area contributed by atoms with Gasteiger partial charge in [0.05, 0.1) is 30.4 Å². The Morgan fingerprint density at radius 2 is 1.86 bits per heavy atom. The summed E-state index contributed by atoms with van der Waals surface area (Å²) in [5.74, 6) is -0.844. The topological polar surface area (TPSA) is 152 Å². The van der Waals surface area contributed by atoms with Crippen LogP contribution in [0, 0.1) is 3.57 Å². The zero-order chi connectivity index (χ0) is 30.8. The molecule has 0 saturated carbocycles. The van der Waals surface area contributed by atoms with Gasteiger partial charge in [-0.05, 0) is 58.9 Å². The summed E-state index contributed by atoms with van der Waals surface area (Å²) in [5, 5.41) is 23.4. The maximum absolute atomic E-state index is 13.4. The number of ether oxygens (including phenoxy) is 3. The average molecular weight is 695 g/mol. The monoisotopic (exact) mass is 694 g/mol. The molecule has 2 aromatic carbocycles. The van der Waals surface area contributed by atoms with E-state index in [0.29, 0.717) is 27.6 Å². The molecule has 0 aliphatic heterocycles. The molecule has 0 radical (unpaired) electrons. The van der Waals surface area contributed by atoms with Gasteiger partial charge in [-0.2, -0.15) is 0 Å². The molecule has 0 spiro atoms. The second-order valence-electron chi connectivity index (χ2n) is 9.51. The molecule has 42 heavy (non-hydrogen) atoms. The summed E-state index contributed by atoms with van der Waals surface area (Å²) in [6.45, 7) is 1.35. The number of amides is 2. The maximum Gasteiger partial charge on any atom is 0.290 e. The molecule has 2 aromatic rings. The molecular weight excluding hydrogens is 659 g/mol. The van der Waals surface area contributed by atoms with Crippen LogP contribution in [0.1, 0.15) is 35.7 Å². The number of aldehydes is 1. The van der Waals surface area contributed by atoms with Gasteiger partial charge in [0.25, 0.3) is 5.91 Å². The molecule has 11 nitrogen and oxygen atoms in total. The Hall–Kier alpha value is -3.49. The number of aliphatic hydroxyl groups is 2. The lowest BCUT2D eigenvalue weighted by atomic mass is 9.87. The largest absolute Gasteiger partial charge is 0.496 e. The summed E-state index contributed by atoms with van der Waals surface area (Å²) in [5.41, 5.74) is 1.36. The predicted molar refractivity (Wildman–Crippen MR) is 162 cm³/mol. The smallest absolute Gasteiger partial charge is 0.290 e. The van der Waals surface area contributed by atoms with E-state index in [0.717, 1.165) is 5.56 Å². The molecule has 0 aromatic heterocycles. The van der Waals surface area contributed by atoms with Gasteiger partial charge in [0.1, 0.15) is 24.2 Å². The van der Waals surface area contributed by atoms with Gasteiger partial charge in [-0.15, -0.1) is 0 Å². The fourth-order valence-electron chi connectivity index (χ4n) is 4.72.